The fourth-order valence-corrected chi connectivity index (χ4v) is 1.53. The van der Waals surface area contributed by atoms with Crippen molar-refractivity contribution in [2.45, 2.75) is 0 Å². The topological polar surface area (TPSA) is 70.2 Å². The summed E-state index contributed by atoms with van der Waals surface area (Å²) >= 11 is 5.92. The second kappa shape index (κ2) is 5.32. The Morgan fingerprint density at radius 3 is 2.65 bits per heavy atom. The monoisotopic (exact) mass is 251 g/mol. The van der Waals surface area contributed by atoms with Crippen molar-refractivity contribution in [3.8, 4) is 6.07 Å². The van der Waals surface area contributed by atoms with Gasteiger partial charge in [0.15, 0.2) is 0 Å². The normalized spacial score (nSPS) is 10.8. The zero-order chi connectivity index (χ0) is 13.0. The van der Waals surface area contributed by atoms with E-state index in [1.54, 1.807) is 25.2 Å². The number of hydrogen-bond donors (Lipinski definition) is 0. The molecule has 0 aromatic heterocycles. The second-order valence-electron chi connectivity index (χ2n) is 3.54. The summed E-state index contributed by atoms with van der Waals surface area (Å²) in [4.78, 5) is 11.7. The van der Waals surface area contributed by atoms with Crippen LogP contribution in [0.25, 0.3) is 5.57 Å². The van der Waals surface area contributed by atoms with E-state index in [9.17, 15) is 10.1 Å². The van der Waals surface area contributed by atoms with Gasteiger partial charge in [0.2, 0.25) is 0 Å². The molecule has 0 N–H and O–H groups in total. The summed E-state index contributed by atoms with van der Waals surface area (Å²) in [6, 6.07) is 6.03. The molecule has 0 heterocycles. The summed E-state index contributed by atoms with van der Waals surface area (Å²) in [6.45, 7) is 0. The number of halogens is 1. The van der Waals surface area contributed by atoms with Crippen molar-refractivity contribution in [3.05, 3.63) is 45.1 Å². The molecule has 0 atom stereocenters. The van der Waals surface area contributed by atoms with E-state index in [0.717, 1.165) is 0 Å². The van der Waals surface area contributed by atoms with Crippen LogP contribution in [-0.4, -0.2) is 23.9 Å². The van der Waals surface area contributed by atoms with Crippen LogP contribution in [0.4, 0.5) is 5.69 Å². The third kappa shape index (κ3) is 3.20. The fraction of sp³-hybridized carbons (Fsp3) is 0.182. The molecule has 0 aliphatic rings. The first-order valence-corrected chi connectivity index (χ1v) is 5.06. The third-order valence-corrected chi connectivity index (χ3v) is 2.27. The molecule has 0 spiro atoms. The van der Waals surface area contributed by atoms with Gasteiger partial charge in [-0.1, -0.05) is 11.6 Å². The first-order valence-electron chi connectivity index (χ1n) is 4.68. The third-order valence-electron chi connectivity index (χ3n) is 1.96. The highest BCUT2D eigenvalue weighted by atomic mass is 35.5. The maximum atomic E-state index is 10.5. The van der Waals surface area contributed by atoms with Crippen molar-refractivity contribution in [1.82, 2.24) is 4.90 Å². The van der Waals surface area contributed by atoms with Crippen molar-refractivity contribution in [1.29, 1.82) is 5.26 Å². The Balaban J connectivity index is 3.25. The maximum Gasteiger partial charge on any atom is 0.270 e. The van der Waals surface area contributed by atoms with Crippen LogP contribution < -0.4 is 0 Å². The van der Waals surface area contributed by atoms with Crippen LogP contribution in [-0.2, 0) is 0 Å². The lowest BCUT2D eigenvalue weighted by Crippen LogP contribution is -2.02. The van der Waals surface area contributed by atoms with Crippen molar-refractivity contribution in [3.63, 3.8) is 0 Å². The number of rotatable bonds is 3. The largest absolute Gasteiger partial charge is 0.382 e. The van der Waals surface area contributed by atoms with Crippen LogP contribution in [0.1, 0.15) is 5.56 Å². The molecule has 0 aliphatic carbocycles. The van der Waals surface area contributed by atoms with E-state index < -0.39 is 4.92 Å². The van der Waals surface area contributed by atoms with E-state index in [-0.39, 0.29) is 10.7 Å². The van der Waals surface area contributed by atoms with Crippen LogP contribution in [0, 0.1) is 21.4 Å². The SMILES string of the molecule is CN(C)/C=C(\C#N)c1ccc([N+](=O)[O-])cc1Cl. The Labute approximate surface area is 104 Å². The number of nitro benzene ring substituents is 1. The summed E-state index contributed by atoms with van der Waals surface area (Å²) in [7, 11) is 3.55. The van der Waals surface area contributed by atoms with E-state index in [2.05, 4.69) is 0 Å². The van der Waals surface area contributed by atoms with Crippen molar-refractivity contribution >= 4 is 22.9 Å². The molecule has 6 heteroatoms. The number of benzene rings is 1. The van der Waals surface area contributed by atoms with Gasteiger partial charge in [0.1, 0.15) is 6.07 Å². The van der Waals surface area contributed by atoms with Crippen molar-refractivity contribution in [2.75, 3.05) is 14.1 Å². The highest BCUT2D eigenvalue weighted by Crippen LogP contribution is 2.27. The minimum absolute atomic E-state index is 0.0964. The molecular formula is C11H10ClN3O2. The second-order valence-corrected chi connectivity index (χ2v) is 3.95. The van der Waals surface area contributed by atoms with Gasteiger partial charge in [-0.2, -0.15) is 5.26 Å². The Hall–Kier alpha value is -2.06. The summed E-state index contributed by atoms with van der Waals surface area (Å²) in [6.07, 6.45) is 1.60. The standard InChI is InChI=1S/C11H10ClN3O2/c1-14(2)7-8(6-13)10-4-3-9(15(16)17)5-11(10)12/h3-5,7H,1-2H3/b8-7+. The smallest absolute Gasteiger partial charge is 0.270 e. The molecule has 0 fully saturated rings. The number of allylic oxidation sites excluding steroid dienone is 1. The number of nitriles is 1. The molecule has 0 unspecified atom stereocenters. The molecule has 0 bridgehead atoms. The van der Waals surface area contributed by atoms with Gasteiger partial charge in [-0.05, 0) is 6.07 Å². The van der Waals surface area contributed by atoms with Gasteiger partial charge in [0, 0.05) is 38.0 Å². The van der Waals surface area contributed by atoms with Crippen LogP contribution in [0.15, 0.2) is 24.4 Å². The molecule has 17 heavy (non-hydrogen) atoms. The summed E-state index contributed by atoms with van der Waals surface area (Å²) in [5.41, 5.74) is 0.740. The minimum Gasteiger partial charge on any atom is -0.382 e. The number of nitrogens with zero attached hydrogens (tertiary/aromatic N) is 3. The fourth-order valence-electron chi connectivity index (χ4n) is 1.25. The molecule has 88 valence electrons. The van der Waals surface area contributed by atoms with E-state index in [4.69, 9.17) is 16.9 Å². The Morgan fingerprint density at radius 2 is 2.24 bits per heavy atom. The van der Waals surface area contributed by atoms with Gasteiger partial charge in [0.25, 0.3) is 5.69 Å². The quantitative estimate of drug-likeness (QED) is 0.470. The lowest BCUT2D eigenvalue weighted by atomic mass is 10.1. The lowest BCUT2D eigenvalue weighted by molar-refractivity contribution is -0.384. The number of hydrogen-bond acceptors (Lipinski definition) is 4. The van der Waals surface area contributed by atoms with Crippen LogP contribution in [0.5, 0.6) is 0 Å². The van der Waals surface area contributed by atoms with Crippen LogP contribution in [0.2, 0.25) is 5.02 Å². The molecule has 5 nitrogen and oxygen atoms in total. The molecule has 0 saturated heterocycles. The lowest BCUT2D eigenvalue weighted by Gasteiger charge is -2.07. The summed E-state index contributed by atoms with van der Waals surface area (Å²) < 4.78 is 0. The Kier molecular flexibility index (Phi) is 4.07. The average molecular weight is 252 g/mol. The molecule has 1 aromatic carbocycles. The highest BCUT2D eigenvalue weighted by molar-refractivity contribution is 6.32. The predicted octanol–water partition coefficient (Wildman–Crippen LogP) is 2.67. The van der Waals surface area contributed by atoms with E-state index in [1.165, 1.54) is 18.2 Å². The average Bonchev–Trinajstić information content (AvgIpc) is 2.25. The van der Waals surface area contributed by atoms with Crippen molar-refractivity contribution in [2.24, 2.45) is 0 Å². The zero-order valence-electron chi connectivity index (χ0n) is 9.35. The van der Waals surface area contributed by atoms with Gasteiger partial charge in [-0.15, -0.1) is 0 Å². The first kappa shape index (κ1) is 13.0. The molecule has 1 aromatic rings. The molecule has 0 radical (unpaired) electrons. The highest BCUT2D eigenvalue weighted by Gasteiger charge is 2.12. The molecule has 0 saturated carbocycles. The van der Waals surface area contributed by atoms with Gasteiger partial charge in [0.05, 0.1) is 15.5 Å². The predicted molar refractivity (Wildman–Crippen MR) is 65.4 cm³/mol. The van der Waals surface area contributed by atoms with Crippen LogP contribution >= 0.6 is 11.6 Å². The number of nitro groups is 1. The van der Waals surface area contributed by atoms with Crippen LogP contribution in [0.3, 0.4) is 0 Å². The molecular weight excluding hydrogens is 242 g/mol. The van der Waals surface area contributed by atoms with Gasteiger partial charge in [-0.3, -0.25) is 10.1 Å². The van der Waals surface area contributed by atoms with Gasteiger partial charge in [-0.25, -0.2) is 0 Å². The van der Waals surface area contributed by atoms with E-state index >= 15 is 0 Å². The minimum atomic E-state index is -0.530. The van der Waals surface area contributed by atoms with Gasteiger partial charge >= 0.3 is 0 Å². The van der Waals surface area contributed by atoms with E-state index in [0.29, 0.717) is 11.1 Å². The Bertz CT molecular complexity index is 518. The zero-order valence-corrected chi connectivity index (χ0v) is 10.1. The first-order chi connectivity index (χ1) is 7.95. The number of non-ortho nitro benzene ring substituents is 1. The van der Waals surface area contributed by atoms with Crippen molar-refractivity contribution < 1.29 is 4.92 Å². The van der Waals surface area contributed by atoms with E-state index in [1.807, 2.05) is 6.07 Å². The molecule has 0 amide bonds. The maximum absolute atomic E-state index is 10.5. The summed E-state index contributed by atoms with van der Waals surface area (Å²) in [5.74, 6) is 0. The summed E-state index contributed by atoms with van der Waals surface area (Å²) in [5, 5.41) is 19.7. The molecule has 1 rings (SSSR count). The Morgan fingerprint density at radius 1 is 1.59 bits per heavy atom. The molecule has 0 aliphatic heterocycles. The van der Waals surface area contributed by atoms with Gasteiger partial charge < -0.3 is 4.90 Å².